The van der Waals surface area contributed by atoms with Crippen molar-refractivity contribution in [1.29, 1.82) is 0 Å². The molecule has 32 heavy (non-hydrogen) atoms. The molecule has 1 aliphatic heterocycles. The van der Waals surface area contributed by atoms with Gasteiger partial charge in [-0.05, 0) is 32.9 Å². The van der Waals surface area contributed by atoms with Gasteiger partial charge in [0.25, 0.3) is 5.91 Å². The maximum atomic E-state index is 13.6. The number of carbonyl (C=O) groups is 2. The second-order valence-electron chi connectivity index (χ2n) is 7.03. The van der Waals surface area contributed by atoms with Crippen LogP contribution in [0.4, 0.5) is 5.13 Å². The first-order chi connectivity index (χ1) is 15.3. The van der Waals surface area contributed by atoms with Crippen molar-refractivity contribution in [1.82, 2.24) is 15.2 Å². The van der Waals surface area contributed by atoms with Crippen molar-refractivity contribution in [2.75, 3.05) is 19.1 Å². The molecular formula is C21H20N4O5S2. The highest BCUT2D eigenvalue weighted by Gasteiger charge is 2.47. The van der Waals surface area contributed by atoms with Gasteiger partial charge in [0.15, 0.2) is 5.76 Å². The molecule has 166 valence electrons. The molecular weight excluding hydrogens is 452 g/mol. The van der Waals surface area contributed by atoms with Crippen LogP contribution in [0.3, 0.4) is 0 Å². The van der Waals surface area contributed by atoms with Gasteiger partial charge in [-0.3, -0.25) is 14.5 Å². The number of thiazole rings is 1. The number of ketones is 1. The summed E-state index contributed by atoms with van der Waals surface area (Å²) in [4.78, 5) is 32.7. The number of hydrogen-bond acceptors (Lipinski definition) is 10. The van der Waals surface area contributed by atoms with Crippen molar-refractivity contribution in [3.8, 4) is 11.5 Å². The van der Waals surface area contributed by atoms with Crippen molar-refractivity contribution >= 4 is 39.5 Å². The molecule has 9 nitrogen and oxygen atoms in total. The van der Waals surface area contributed by atoms with Gasteiger partial charge in [0, 0.05) is 11.6 Å². The van der Waals surface area contributed by atoms with E-state index in [1.807, 2.05) is 0 Å². The molecule has 1 unspecified atom stereocenters. The zero-order chi connectivity index (χ0) is 23.2. The monoisotopic (exact) mass is 472 g/mol. The minimum absolute atomic E-state index is 0.0573. The number of nitrogens with zero attached hydrogens (tertiary/aromatic N) is 4. The van der Waals surface area contributed by atoms with E-state index >= 15 is 0 Å². The van der Waals surface area contributed by atoms with Gasteiger partial charge in [0.05, 0.1) is 35.4 Å². The molecule has 4 rings (SSSR count). The Morgan fingerprint density at radius 2 is 1.84 bits per heavy atom. The summed E-state index contributed by atoms with van der Waals surface area (Å²) in [5.41, 5.74) is 0.981. The van der Waals surface area contributed by atoms with E-state index in [1.54, 1.807) is 39.0 Å². The molecule has 0 radical (unpaired) electrons. The van der Waals surface area contributed by atoms with E-state index in [4.69, 9.17) is 9.47 Å². The average Bonchev–Trinajstić information content (AvgIpc) is 3.42. The van der Waals surface area contributed by atoms with Gasteiger partial charge in [-0.2, -0.15) is 0 Å². The molecule has 1 aliphatic rings. The highest BCUT2D eigenvalue weighted by atomic mass is 32.1. The maximum Gasteiger partial charge on any atom is 0.296 e. The molecule has 3 aromatic rings. The number of amides is 1. The Kier molecular flexibility index (Phi) is 5.70. The quantitative estimate of drug-likeness (QED) is 0.540. The highest BCUT2D eigenvalue weighted by Crippen LogP contribution is 2.46. The zero-order valence-electron chi connectivity index (χ0n) is 18.0. The number of hydrogen-bond donors (Lipinski definition) is 1. The molecule has 3 heterocycles. The summed E-state index contributed by atoms with van der Waals surface area (Å²) in [7, 11) is 3.01. The summed E-state index contributed by atoms with van der Waals surface area (Å²) in [6.07, 6.45) is 0. The number of anilines is 1. The number of aliphatic hydroxyl groups is 1. The predicted molar refractivity (Wildman–Crippen MR) is 120 cm³/mol. The van der Waals surface area contributed by atoms with Gasteiger partial charge < -0.3 is 14.6 Å². The van der Waals surface area contributed by atoms with Crippen molar-refractivity contribution in [3.63, 3.8) is 0 Å². The summed E-state index contributed by atoms with van der Waals surface area (Å²) < 4.78 is 10.8. The van der Waals surface area contributed by atoms with Gasteiger partial charge in [-0.25, -0.2) is 4.98 Å². The van der Waals surface area contributed by atoms with Gasteiger partial charge in [0.1, 0.15) is 22.5 Å². The average molecular weight is 473 g/mol. The van der Waals surface area contributed by atoms with Gasteiger partial charge in [0.2, 0.25) is 10.9 Å². The first-order valence-corrected chi connectivity index (χ1v) is 11.2. The molecule has 0 fully saturated rings. The summed E-state index contributed by atoms with van der Waals surface area (Å²) in [6, 6.07) is 4.09. The van der Waals surface area contributed by atoms with Gasteiger partial charge in [-0.1, -0.05) is 11.3 Å². The molecule has 1 N–H and O–H groups in total. The first kappa shape index (κ1) is 21.9. The Labute approximate surface area is 192 Å². The molecule has 11 heteroatoms. The Morgan fingerprint density at radius 3 is 2.41 bits per heavy atom. The summed E-state index contributed by atoms with van der Waals surface area (Å²) in [6.45, 7) is 5.27. The number of ether oxygens (including phenoxy) is 2. The number of methoxy groups -OCH3 is 2. The fourth-order valence-electron chi connectivity index (χ4n) is 3.62. The third-order valence-electron chi connectivity index (χ3n) is 5.02. The van der Waals surface area contributed by atoms with Crippen LogP contribution in [0.5, 0.6) is 11.5 Å². The molecule has 1 amide bonds. The molecule has 0 bridgehead atoms. The lowest BCUT2D eigenvalue weighted by Gasteiger charge is -2.25. The van der Waals surface area contributed by atoms with Crippen molar-refractivity contribution < 1.29 is 24.2 Å². The lowest BCUT2D eigenvalue weighted by atomic mass is 9.94. The van der Waals surface area contributed by atoms with Crippen molar-refractivity contribution in [3.05, 3.63) is 55.7 Å². The lowest BCUT2D eigenvalue weighted by Crippen LogP contribution is -2.31. The highest BCUT2D eigenvalue weighted by molar-refractivity contribution is 7.15. The Hall–Kier alpha value is -3.31. The predicted octanol–water partition coefficient (Wildman–Crippen LogP) is 3.72. The summed E-state index contributed by atoms with van der Waals surface area (Å²) in [5, 5.41) is 20.6. The molecule has 1 aromatic carbocycles. The Bertz CT molecular complexity index is 1260. The second-order valence-corrected chi connectivity index (χ2v) is 9.39. The van der Waals surface area contributed by atoms with Crippen LogP contribution in [0.2, 0.25) is 0 Å². The van der Waals surface area contributed by atoms with Crippen LogP contribution < -0.4 is 14.4 Å². The number of benzene rings is 1. The molecule has 0 aliphatic carbocycles. The smallest absolute Gasteiger partial charge is 0.296 e. The third-order valence-corrected chi connectivity index (χ3v) is 6.93. The third kappa shape index (κ3) is 3.53. The summed E-state index contributed by atoms with van der Waals surface area (Å²) in [5.74, 6) is -0.887. The van der Waals surface area contributed by atoms with E-state index in [-0.39, 0.29) is 10.7 Å². The molecule has 0 saturated carbocycles. The topological polar surface area (TPSA) is 115 Å². The van der Waals surface area contributed by atoms with Gasteiger partial charge >= 0.3 is 0 Å². The minimum atomic E-state index is -0.968. The van der Waals surface area contributed by atoms with Crippen LogP contribution in [0, 0.1) is 20.8 Å². The van der Waals surface area contributed by atoms with Gasteiger partial charge in [-0.15, -0.1) is 21.5 Å². The molecule has 1 atom stereocenters. The number of Topliss-reactive ketones (excluding diaryl/α,β-unsaturated/α-hetero) is 1. The van der Waals surface area contributed by atoms with Crippen LogP contribution in [-0.4, -0.2) is 46.2 Å². The Balaban J connectivity index is 1.94. The number of rotatable bonds is 6. The molecule has 0 spiro atoms. The van der Waals surface area contributed by atoms with E-state index in [0.717, 1.165) is 0 Å². The first-order valence-electron chi connectivity index (χ1n) is 9.54. The van der Waals surface area contributed by atoms with Crippen LogP contribution in [0.1, 0.15) is 37.0 Å². The normalized spacial score (nSPS) is 16.1. The van der Waals surface area contributed by atoms with E-state index in [1.165, 1.54) is 41.8 Å². The summed E-state index contributed by atoms with van der Waals surface area (Å²) >= 11 is 2.40. The fourth-order valence-corrected chi connectivity index (χ4v) is 5.21. The van der Waals surface area contributed by atoms with Crippen LogP contribution in [0.15, 0.2) is 29.5 Å². The minimum Gasteiger partial charge on any atom is -0.503 e. The van der Waals surface area contributed by atoms with Crippen LogP contribution >= 0.6 is 22.7 Å². The number of aryl methyl sites for hydroxylation is 3. The van der Waals surface area contributed by atoms with E-state index in [0.29, 0.717) is 37.6 Å². The van der Waals surface area contributed by atoms with Crippen molar-refractivity contribution in [2.45, 2.75) is 26.8 Å². The maximum absolute atomic E-state index is 13.6. The fraction of sp³-hybridized carbons (Fsp3) is 0.286. The standard InChI is InChI=1S/C21H20N4O5S2/c1-9-19(31-10(2)22-9)17(26)15-16(13-7-6-12(29-4)8-14(13)30-5)25(20(28)18(15)27)21-24-23-11(3)32-21/h6-8,16,27H,1-5H3. The zero-order valence-corrected chi connectivity index (χ0v) is 19.6. The Morgan fingerprint density at radius 1 is 1.09 bits per heavy atom. The number of carbonyl (C=O) groups excluding carboxylic acids is 2. The van der Waals surface area contributed by atoms with Crippen molar-refractivity contribution in [2.24, 2.45) is 0 Å². The number of aliphatic hydroxyl groups excluding tert-OH is 1. The lowest BCUT2D eigenvalue weighted by molar-refractivity contribution is -0.117. The molecule has 2 aromatic heterocycles. The van der Waals surface area contributed by atoms with E-state index in [2.05, 4.69) is 15.2 Å². The van der Waals surface area contributed by atoms with Crippen LogP contribution in [0.25, 0.3) is 0 Å². The largest absolute Gasteiger partial charge is 0.503 e. The van der Waals surface area contributed by atoms with E-state index < -0.39 is 23.5 Å². The van der Waals surface area contributed by atoms with E-state index in [9.17, 15) is 14.7 Å². The SMILES string of the molecule is COc1ccc(C2C(C(=O)c3sc(C)nc3C)=C(O)C(=O)N2c2nnc(C)s2)c(OC)c1. The second kappa shape index (κ2) is 8.32. The van der Waals surface area contributed by atoms with Crippen LogP contribution in [-0.2, 0) is 4.79 Å². The number of aromatic nitrogens is 3. The molecule has 0 saturated heterocycles.